The van der Waals surface area contributed by atoms with Gasteiger partial charge in [-0.2, -0.15) is 0 Å². The van der Waals surface area contributed by atoms with Crippen LogP contribution in [-0.2, 0) is 0 Å². The van der Waals surface area contributed by atoms with Crippen molar-refractivity contribution in [2.24, 2.45) is 0 Å². The second-order valence-corrected chi connectivity index (χ2v) is 4.06. The topological polar surface area (TPSA) is 21.3 Å². The van der Waals surface area contributed by atoms with Crippen LogP contribution in [0.3, 0.4) is 0 Å². The number of benzene rings is 1. The van der Waals surface area contributed by atoms with Crippen molar-refractivity contribution in [3.63, 3.8) is 0 Å². The van der Waals surface area contributed by atoms with Crippen LogP contribution >= 0.6 is 12.4 Å². The van der Waals surface area contributed by atoms with Gasteiger partial charge in [0.05, 0.1) is 6.10 Å². The minimum Gasteiger partial charge on any atom is -0.491 e. The number of rotatable bonds is 3. The normalized spacial score (nSPS) is 15.7. The Hall–Kier alpha value is -0.730. The van der Waals surface area contributed by atoms with Crippen LogP contribution in [-0.4, -0.2) is 19.2 Å². The van der Waals surface area contributed by atoms with Gasteiger partial charge in [0.15, 0.2) is 0 Å². The molecule has 1 aliphatic rings. The molecule has 1 aromatic carbocycles. The van der Waals surface area contributed by atoms with Crippen LogP contribution < -0.4 is 10.1 Å². The van der Waals surface area contributed by atoms with E-state index >= 15 is 0 Å². The monoisotopic (exact) mass is 227 g/mol. The molecule has 1 aliphatic heterocycles. The number of nitrogens with one attached hydrogen (secondary N) is 1. The third-order valence-corrected chi connectivity index (χ3v) is 2.50. The van der Waals surface area contributed by atoms with E-state index in [9.17, 15) is 0 Å². The lowest BCUT2D eigenvalue weighted by molar-refractivity contribution is 0.236. The van der Waals surface area contributed by atoms with Crippen LogP contribution in [0.4, 0.5) is 0 Å². The SMILES string of the molecule is CC(C)Oc1ccccc1C1CNC1.Cl. The molecule has 0 unspecified atom stereocenters. The molecular weight excluding hydrogens is 210 g/mol. The average molecular weight is 228 g/mol. The van der Waals surface area contributed by atoms with Crippen LogP contribution in [0.15, 0.2) is 24.3 Å². The Labute approximate surface area is 97.4 Å². The van der Waals surface area contributed by atoms with E-state index in [2.05, 4.69) is 37.4 Å². The van der Waals surface area contributed by atoms with Crippen LogP contribution in [0, 0.1) is 0 Å². The largest absolute Gasteiger partial charge is 0.491 e. The summed E-state index contributed by atoms with van der Waals surface area (Å²) in [6, 6.07) is 8.35. The lowest BCUT2D eigenvalue weighted by atomic mass is 9.93. The van der Waals surface area contributed by atoms with Crippen LogP contribution in [0.2, 0.25) is 0 Å². The molecule has 1 N–H and O–H groups in total. The molecule has 1 fully saturated rings. The van der Waals surface area contributed by atoms with Crippen LogP contribution in [0.5, 0.6) is 5.75 Å². The first-order chi connectivity index (χ1) is 6.77. The maximum absolute atomic E-state index is 5.77. The third kappa shape index (κ3) is 2.86. The summed E-state index contributed by atoms with van der Waals surface area (Å²) in [6.45, 7) is 6.29. The highest BCUT2D eigenvalue weighted by molar-refractivity contribution is 5.85. The van der Waals surface area contributed by atoms with E-state index in [1.54, 1.807) is 0 Å². The molecule has 2 rings (SSSR count). The Morgan fingerprint density at radius 2 is 1.93 bits per heavy atom. The summed E-state index contributed by atoms with van der Waals surface area (Å²) in [5.74, 6) is 1.69. The molecule has 3 heteroatoms. The van der Waals surface area contributed by atoms with Gasteiger partial charge in [-0.25, -0.2) is 0 Å². The predicted octanol–water partition coefficient (Wildman–Crippen LogP) is 2.58. The van der Waals surface area contributed by atoms with Gasteiger partial charge < -0.3 is 10.1 Å². The van der Waals surface area contributed by atoms with Gasteiger partial charge in [0.25, 0.3) is 0 Å². The molecule has 1 heterocycles. The molecule has 0 saturated carbocycles. The fourth-order valence-electron chi connectivity index (χ4n) is 1.69. The lowest BCUT2D eigenvalue weighted by Gasteiger charge is -2.29. The van der Waals surface area contributed by atoms with Crippen molar-refractivity contribution in [3.8, 4) is 5.75 Å². The first-order valence-electron chi connectivity index (χ1n) is 5.23. The maximum atomic E-state index is 5.77. The second-order valence-electron chi connectivity index (χ2n) is 4.06. The zero-order chi connectivity index (χ0) is 9.97. The van der Waals surface area contributed by atoms with Crippen molar-refractivity contribution >= 4 is 12.4 Å². The highest BCUT2D eigenvalue weighted by Crippen LogP contribution is 2.29. The Morgan fingerprint density at radius 1 is 1.27 bits per heavy atom. The number of para-hydroxylation sites is 1. The van der Waals surface area contributed by atoms with Crippen molar-refractivity contribution in [2.45, 2.75) is 25.9 Å². The smallest absolute Gasteiger partial charge is 0.123 e. The van der Waals surface area contributed by atoms with E-state index in [4.69, 9.17) is 4.74 Å². The number of hydrogen-bond donors (Lipinski definition) is 1. The summed E-state index contributed by atoms with van der Waals surface area (Å²) in [5, 5.41) is 3.28. The van der Waals surface area contributed by atoms with Gasteiger partial charge in [-0.15, -0.1) is 12.4 Å². The summed E-state index contributed by atoms with van der Waals surface area (Å²) in [7, 11) is 0. The summed E-state index contributed by atoms with van der Waals surface area (Å²) >= 11 is 0. The van der Waals surface area contributed by atoms with Crippen molar-refractivity contribution in [2.75, 3.05) is 13.1 Å². The molecule has 0 aromatic heterocycles. The molecule has 0 amide bonds. The first kappa shape index (κ1) is 12.3. The van der Waals surface area contributed by atoms with E-state index in [1.807, 2.05) is 6.07 Å². The Balaban J connectivity index is 0.00000112. The molecule has 1 saturated heterocycles. The van der Waals surface area contributed by atoms with Crippen LogP contribution in [0.25, 0.3) is 0 Å². The molecule has 84 valence electrons. The van der Waals surface area contributed by atoms with E-state index in [-0.39, 0.29) is 18.5 Å². The van der Waals surface area contributed by atoms with Gasteiger partial charge >= 0.3 is 0 Å². The Kier molecular flexibility index (Phi) is 4.43. The summed E-state index contributed by atoms with van der Waals surface area (Å²) < 4.78 is 5.77. The molecular formula is C12H18ClNO. The minimum atomic E-state index is 0. The van der Waals surface area contributed by atoms with Gasteiger partial charge in [-0.1, -0.05) is 18.2 Å². The standard InChI is InChI=1S/C12H17NO.ClH/c1-9(2)14-12-6-4-3-5-11(12)10-7-13-8-10;/h3-6,9-10,13H,7-8H2,1-2H3;1H. The van der Waals surface area contributed by atoms with Crippen molar-refractivity contribution in [1.29, 1.82) is 0 Å². The Morgan fingerprint density at radius 3 is 2.47 bits per heavy atom. The van der Waals surface area contributed by atoms with Crippen molar-refractivity contribution in [3.05, 3.63) is 29.8 Å². The minimum absolute atomic E-state index is 0. The molecule has 1 aromatic rings. The average Bonchev–Trinajstić information content (AvgIpc) is 2.04. The quantitative estimate of drug-likeness (QED) is 0.857. The van der Waals surface area contributed by atoms with E-state index in [0.29, 0.717) is 5.92 Å². The molecule has 0 radical (unpaired) electrons. The van der Waals surface area contributed by atoms with Gasteiger partial charge in [0.1, 0.15) is 5.75 Å². The number of halogens is 1. The lowest BCUT2D eigenvalue weighted by Crippen LogP contribution is -2.40. The highest BCUT2D eigenvalue weighted by Gasteiger charge is 2.22. The van der Waals surface area contributed by atoms with E-state index < -0.39 is 0 Å². The zero-order valence-corrected chi connectivity index (χ0v) is 10.0. The fraction of sp³-hybridized carbons (Fsp3) is 0.500. The maximum Gasteiger partial charge on any atom is 0.123 e. The Bertz CT molecular complexity index is 310. The molecule has 2 nitrogen and oxygen atoms in total. The van der Waals surface area contributed by atoms with Gasteiger partial charge in [-0.05, 0) is 25.5 Å². The number of hydrogen-bond acceptors (Lipinski definition) is 2. The summed E-state index contributed by atoms with van der Waals surface area (Å²) in [6.07, 6.45) is 0.254. The highest BCUT2D eigenvalue weighted by atomic mass is 35.5. The summed E-state index contributed by atoms with van der Waals surface area (Å²) in [5.41, 5.74) is 1.35. The van der Waals surface area contributed by atoms with Gasteiger partial charge in [-0.3, -0.25) is 0 Å². The van der Waals surface area contributed by atoms with Gasteiger partial charge in [0.2, 0.25) is 0 Å². The molecule has 0 spiro atoms. The third-order valence-electron chi connectivity index (χ3n) is 2.50. The van der Waals surface area contributed by atoms with Gasteiger partial charge in [0, 0.05) is 19.0 Å². The number of ether oxygens (including phenoxy) is 1. The second kappa shape index (κ2) is 5.38. The molecule has 0 atom stereocenters. The zero-order valence-electron chi connectivity index (χ0n) is 9.19. The molecule has 15 heavy (non-hydrogen) atoms. The molecule has 0 bridgehead atoms. The predicted molar refractivity (Wildman–Crippen MR) is 65.1 cm³/mol. The van der Waals surface area contributed by atoms with Crippen molar-refractivity contribution < 1.29 is 4.74 Å². The first-order valence-corrected chi connectivity index (χ1v) is 5.23. The van der Waals surface area contributed by atoms with Crippen LogP contribution in [0.1, 0.15) is 25.3 Å². The van der Waals surface area contributed by atoms with E-state index in [0.717, 1.165) is 18.8 Å². The molecule has 0 aliphatic carbocycles. The summed E-state index contributed by atoms with van der Waals surface area (Å²) in [4.78, 5) is 0. The fourth-order valence-corrected chi connectivity index (χ4v) is 1.69. The van der Waals surface area contributed by atoms with Crippen molar-refractivity contribution in [1.82, 2.24) is 5.32 Å². The van der Waals surface area contributed by atoms with E-state index in [1.165, 1.54) is 5.56 Å².